The van der Waals surface area contributed by atoms with Crippen molar-refractivity contribution in [1.29, 1.82) is 0 Å². The van der Waals surface area contributed by atoms with Crippen LogP contribution in [0.1, 0.15) is 77.3 Å². The van der Waals surface area contributed by atoms with Crippen LogP contribution in [-0.4, -0.2) is 45.9 Å². The molecule has 7 nitrogen and oxygen atoms in total. The third-order valence-electron chi connectivity index (χ3n) is 11.3. The van der Waals surface area contributed by atoms with Crippen molar-refractivity contribution in [2.45, 2.75) is 68.6 Å². The molecule has 1 fully saturated rings. The number of fused-ring (bicyclic) bond motifs is 1. The van der Waals surface area contributed by atoms with Gasteiger partial charge in [-0.25, -0.2) is 9.07 Å². The first-order valence-corrected chi connectivity index (χ1v) is 19.1. The molecule has 8 rings (SSSR count). The maximum atomic E-state index is 14.8. The molecule has 276 valence electrons. The molecule has 1 aromatic heterocycles. The van der Waals surface area contributed by atoms with E-state index in [1.165, 1.54) is 6.07 Å². The highest BCUT2D eigenvalue weighted by atomic mass is 19.1. The Balaban J connectivity index is 1.23. The number of carbonyl (C=O) groups is 2. The fourth-order valence-corrected chi connectivity index (χ4v) is 8.78. The number of rotatable bonds is 11. The molecule has 1 saturated carbocycles. The molecule has 2 aliphatic rings. The summed E-state index contributed by atoms with van der Waals surface area (Å²) < 4.78 is 16.9. The molecule has 2 amide bonds. The molecule has 1 unspecified atom stereocenters. The maximum absolute atomic E-state index is 14.8. The average Bonchev–Trinajstić information content (AvgIpc) is 3.60. The van der Waals surface area contributed by atoms with Gasteiger partial charge in [0.2, 0.25) is 6.41 Å². The van der Waals surface area contributed by atoms with Crippen LogP contribution in [0.2, 0.25) is 0 Å². The van der Waals surface area contributed by atoms with Gasteiger partial charge in [-0.1, -0.05) is 109 Å². The summed E-state index contributed by atoms with van der Waals surface area (Å²) in [5.74, 6) is -0.499. The molecule has 3 atom stereocenters. The topological polar surface area (TPSA) is 88.4 Å². The summed E-state index contributed by atoms with van der Waals surface area (Å²) in [6.07, 6.45) is 8.38. The first-order valence-electron chi connectivity index (χ1n) is 19.1. The number of aliphatic imine (C=N–C) groups is 1. The Kier molecular flexibility index (Phi) is 9.98. The quantitative estimate of drug-likeness (QED) is 0.103. The molecule has 0 radical (unpaired) electrons. The fraction of sp³-hybridized carbons (Fsp3) is 0.234. The number of halogens is 1. The Morgan fingerprint density at radius 2 is 1.53 bits per heavy atom. The van der Waals surface area contributed by atoms with E-state index in [-0.39, 0.29) is 23.8 Å². The van der Waals surface area contributed by atoms with Crippen molar-refractivity contribution in [3.63, 3.8) is 0 Å². The van der Waals surface area contributed by atoms with Gasteiger partial charge in [0, 0.05) is 28.7 Å². The standard InChI is InChI=1S/C47H44FN5O2/c1-33-28-34(25-27-49-33)44-41-29-35(45(55)51-40-21-13-26-46(31-40,50-32-54)30-36-14-11-12-22-42(36)48)23-24-43(41)53(52-44)47(37-15-5-2-6-16-37,38-17-7-3-8-18-38)39-19-9-4-10-20-39/h2-12,14-20,22-25,27,29,32-33,40H,13,21,26,28,30-31H2,1H3,(H,50,54)(H,51,55)/t33?,40-,46-/m1/s1. The summed E-state index contributed by atoms with van der Waals surface area (Å²) in [5.41, 5.74) is 5.46. The van der Waals surface area contributed by atoms with E-state index >= 15 is 0 Å². The number of allylic oxidation sites excluding steroid dienone is 1. The van der Waals surface area contributed by atoms with Crippen molar-refractivity contribution >= 4 is 35.0 Å². The van der Waals surface area contributed by atoms with Gasteiger partial charge in [0.1, 0.15) is 11.4 Å². The molecule has 2 N–H and O–H groups in total. The Morgan fingerprint density at radius 3 is 2.15 bits per heavy atom. The van der Waals surface area contributed by atoms with Crippen molar-refractivity contribution in [2.24, 2.45) is 4.99 Å². The van der Waals surface area contributed by atoms with Gasteiger partial charge in [0.05, 0.1) is 17.3 Å². The van der Waals surface area contributed by atoms with Crippen LogP contribution in [0.4, 0.5) is 4.39 Å². The molecule has 0 saturated heterocycles. The molecular formula is C47H44FN5O2. The lowest BCUT2D eigenvalue weighted by Crippen LogP contribution is -2.54. The number of benzene rings is 5. The van der Waals surface area contributed by atoms with Crippen LogP contribution in [-0.2, 0) is 16.8 Å². The lowest BCUT2D eigenvalue weighted by Gasteiger charge is -2.41. The third-order valence-corrected chi connectivity index (χ3v) is 11.3. The number of nitrogens with one attached hydrogen (secondary N) is 2. The van der Waals surface area contributed by atoms with Crippen molar-refractivity contribution < 1.29 is 14.0 Å². The fourth-order valence-electron chi connectivity index (χ4n) is 8.78. The first-order chi connectivity index (χ1) is 26.9. The van der Waals surface area contributed by atoms with Crippen LogP contribution in [0.15, 0.2) is 145 Å². The van der Waals surface area contributed by atoms with Crippen LogP contribution in [0, 0.1) is 5.82 Å². The summed E-state index contributed by atoms with van der Waals surface area (Å²) in [4.78, 5) is 30.7. The van der Waals surface area contributed by atoms with Gasteiger partial charge in [0.15, 0.2) is 0 Å². The lowest BCUT2D eigenvalue weighted by atomic mass is 9.75. The summed E-state index contributed by atoms with van der Waals surface area (Å²) in [6, 6.07) is 43.8. The molecule has 0 spiro atoms. The number of hydrogen-bond donors (Lipinski definition) is 2. The van der Waals surface area contributed by atoms with E-state index in [1.54, 1.807) is 12.1 Å². The van der Waals surface area contributed by atoms with Gasteiger partial charge >= 0.3 is 0 Å². The van der Waals surface area contributed by atoms with Crippen LogP contribution in [0.5, 0.6) is 0 Å². The highest BCUT2D eigenvalue weighted by molar-refractivity contribution is 6.02. The molecule has 5 aromatic carbocycles. The average molecular weight is 730 g/mol. The van der Waals surface area contributed by atoms with Crippen LogP contribution in [0.3, 0.4) is 0 Å². The molecule has 1 aliphatic heterocycles. The molecule has 55 heavy (non-hydrogen) atoms. The Hall–Kier alpha value is -6.15. The Morgan fingerprint density at radius 1 is 0.891 bits per heavy atom. The SMILES string of the molecule is CC1CC(c2nn(C(c3ccccc3)(c3ccccc3)c3ccccc3)c3ccc(C(=O)N[C@@H]4CCC[C@](Cc5ccccc5F)(NC=O)C4)cc23)=CC=N1. The largest absolute Gasteiger partial charge is 0.353 e. The minimum Gasteiger partial charge on any atom is -0.353 e. The normalized spacial score (nSPS) is 19.8. The summed E-state index contributed by atoms with van der Waals surface area (Å²) >= 11 is 0. The summed E-state index contributed by atoms with van der Waals surface area (Å²) in [6.45, 7) is 2.10. The van der Waals surface area contributed by atoms with Gasteiger partial charge in [0.25, 0.3) is 5.91 Å². The maximum Gasteiger partial charge on any atom is 0.251 e. The molecule has 8 heteroatoms. The minimum atomic E-state index is -0.853. The lowest BCUT2D eigenvalue weighted by molar-refractivity contribution is -0.111. The van der Waals surface area contributed by atoms with E-state index in [0.717, 1.165) is 51.7 Å². The van der Waals surface area contributed by atoms with Crippen molar-refractivity contribution in [3.05, 3.63) is 179 Å². The van der Waals surface area contributed by atoms with Crippen molar-refractivity contribution in [1.82, 2.24) is 20.4 Å². The van der Waals surface area contributed by atoms with Crippen LogP contribution < -0.4 is 10.6 Å². The number of aromatic nitrogens is 2. The Labute approximate surface area is 321 Å². The molecule has 0 bridgehead atoms. The predicted molar refractivity (Wildman–Crippen MR) is 217 cm³/mol. The second kappa shape index (κ2) is 15.3. The third kappa shape index (κ3) is 6.89. The van der Waals surface area contributed by atoms with E-state index in [0.29, 0.717) is 43.2 Å². The van der Waals surface area contributed by atoms with Crippen LogP contribution in [0.25, 0.3) is 16.5 Å². The smallest absolute Gasteiger partial charge is 0.251 e. The summed E-state index contributed by atoms with van der Waals surface area (Å²) in [7, 11) is 0. The highest BCUT2D eigenvalue weighted by Crippen LogP contribution is 2.44. The number of carbonyl (C=O) groups excluding carboxylic acids is 2. The van der Waals surface area contributed by atoms with Crippen molar-refractivity contribution in [2.75, 3.05) is 0 Å². The zero-order valence-electron chi connectivity index (χ0n) is 30.9. The molecule has 1 aliphatic carbocycles. The number of nitrogens with zero attached hydrogens (tertiary/aromatic N) is 3. The van der Waals surface area contributed by atoms with Gasteiger partial charge in [-0.2, -0.15) is 5.10 Å². The van der Waals surface area contributed by atoms with E-state index < -0.39 is 11.1 Å². The molecular weight excluding hydrogens is 686 g/mol. The van der Waals surface area contributed by atoms with E-state index in [1.807, 2.05) is 54.8 Å². The monoisotopic (exact) mass is 729 g/mol. The second-order valence-electron chi connectivity index (χ2n) is 14.9. The van der Waals surface area contributed by atoms with Crippen LogP contribution >= 0.6 is 0 Å². The number of amides is 2. The van der Waals surface area contributed by atoms with Gasteiger partial charge in [-0.15, -0.1) is 0 Å². The zero-order valence-corrected chi connectivity index (χ0v) is 30.9. The second-order valence-corrected chi connectivity index (χ2v) is 14.9. The molecule has 6 aromatic rings. The van der Waals surface area contributed by atoms with E-state index in [4.69, 9.17) is 5.10 Å². The first kappa shape index (κ1) is 35.9. The van der Waals surface area contributed by atoms with Gasteiger partial charge in [-0.05, 0) is 104 Å². The number of dihydropyridines is 1. The summed E-state index contributed by atoms with van der Waals surface area (Å²) in [5, 5.41) is 12.7. The van der Waals surface area contributed by atoms with E-state index in [9.17, 15) is 14.0 Å². The zero-order chi connectivity index (χ0) is 37.8. The van der Waals surface area contributed by atoms with Gasteiger partial charge in [-0.3, -0.25) is 14.6 Å². The van der Waals surface area contributed by atoms with Gasteiger partial charge < -0.3 is 10.6 Å². The number of hydrogen-bond acceptors (Lipinski definition) is 4. The Bertz CT molecular complexity index is 2280. The minimum absolute atomic E-state index is 0.0877. The van der Waals surface area contributed by atoms with E-state index in [2.05, 4.69) is 100 Å². The highest BCUT2D eigenvalue weighted by Gasteiger charge is 2.42. The van der Waals surface area contributed by atoms with Crippen molar-refractivity contribution in [3.8, 4) is 0 Å². The predicted octanol–water partition coefficient (Wildman–Crippen LogP) is 8.66. The molecule has 2 heterocycles.